The average Bonchev–Trinajstić information content (AvgIpc) is 2.99. The van der Waals surface area contributed by atoms with Crippen LogP contribution in [0.5, 0.6) is 0 Å². The highest BCUT2D eigenvalue weighted by atomic mass is 16.5. The molecule has 116 valence electrons. The maximum atomic E-state index is 12.0. The van der Waals surface area contributed by atoms with Crippen molar-refractivity contribution in [2.75, 3.05) is 6.61 Å². The zero-order chi connectivity index (χ0) is 15.7. The molecule has 1 aromatic carbocycles. The Hall–Kier alpha value is -2.14. The van der Waals surface area contributed by atoms with E-state index in [1.165, 1.54) is 6.07 Å². The number of hydrogen-bond acceptors (Lipinski definition) is 4. The van der Waals surface area contributed by atoms with Gasteiger partial charge < -0.3 is 14.5 Å². The summed E-state index contributed by atoms with van der Waals surface area (Å²) in [4.78, 5) is 23.8. The summed E-state index contributed by atoms with van der Waals surface area (Å²) in [5.41, 5.74) is 2.95. The molecule has 1 aliphatic heterocycles. The van der Waals surface area contributed by atoms with Crippen LogP contribution in [0.2, 0.25) is 0 Å². The largest absolute Gasteiger partial charge is 0.422 e. The van der Waals surface area contributed by atoms with Crippen molar-refractivity contribution in [2.45, 2.75) is 39.3 Å². The quantitative estimate of drug-likeness (QED) is 0.883. The molecule has 1 amide bonds. The van der Waals surface area contributed by atoms with Crippen molar-refractivity contribution >= 4 is 16.9 Å². The molecule has 1 N–H and O–H groups in total. The van der Waals surface area contributed by atoms with E-state index < -0.39 is 5.63 Å². The van der Waals surface area contributed by atoms with Gasteiger partial charge in [-0.1, -0.05) is 6.07 Å². The van der Waals surface area contributed by atoms with Crippen LogP contribution in [-0.4, -0.2) is 18.6 Å². The molecule has 0 radical (unpaired) electrons. The molecule has 5 nitrogen and oxygen atoms in total. The summed E-state index contributed by atoms with van der Waals surface area (Å²) in [6.07, 6.45) is 1.30. The number of aryl methyl sites for hydroxylation is 2. The number of rotatable bonds is 3. The first kappa shape index (κ1) is 14.8. The van der Waals surface area contributed by atoms with Crippen LogP contribution in [-0.2, 0) is 16.1 Å². The van der Waals surface area contributed by atoms with Gasteiger partial charge in [0, 0.05) is 24.6 Å². The molecule has 1 saturated heterocycles. The van der Waals surface area contributed by atoms with E-state index in [0.717, 1.165) is 34.9 Å². The molecule has 22 heavy (non-hydrogen) atoms. The van der Waals surface area contributed by atoms with Crippen LogP contribution >= 0.6 is 0 Å². The number of benzene rings is 1. The summed E-state index contributed by atoms with van der Waals surface area (Å²) in [7, 11) is 0. The molecule has 0 bridgehead atoms. The van der Waals surface area contributed by atoms with Gasteiger partial charge in [-0.05, 0) is 49.4 Å². The predicted octanol–water partition coefficient (Wildman–Crippen LogP) is 2.21. The SMILES string of the molecule is Cc1cc(C)c2oc(=O)cc(CNC(=O)C3CCCO3)c2c1. The maximum absolute atomic E-state index is 12.0. The summed E-state index contributed by atoms with van der Waals surface area (Å²) in [5, 5.41) is 3.72. The van der Waals surface area contributed by atoms with E-state index in [1.807, 2.05) is 26.0 Å². The first-order valence-corrected chi connectivity index (χ1v) is 7.48. The minimum Gasteiger partial charge on any atom is -0.422 e. The van der Waals surface area contributed by atoms with E-state index in [-0.39, 0.29) is 12.0 Å². The van der Waals surface area contributed by atoms with Crippen LogP contribution < -0.4 is 10.9 Å². The minimum absolute atomic E-state index is 0.122. The second-order valence-corrected chi connectivity index (χ2v) is 5.77. The van der Waals surface area contributed by atoms with Crippen LogP contribution in [0.15, 0.2) is 27.4 Å². The maximum Gasteiger partial charge on any atom is 0.336 e. The molecule has 0 saturated carbocycles. The van der Waals surface area contributed by atoms with Crippen molar-refractivity contribution in [3.63, 3.8) is 0 Å². The summed E-state index contributed by atoms with van der Waals surface area (Å²) in [5.74, 6) is -0.122. The second kappa shape index (κ2) is 5.93. The number of ether oxygens (including phenoxy) is 1. The lowest BCUT2D eigenvalue weighted by Gasteiger charge is -2.12. The van der Waals surface area contributed by atoms with E-state index in [9.17, 15) is 9.59 Å². The van der Waals surface area contributed by atoms with Gasteiger partial charge in [0.2, 0.25) is 5.91 Å². The molecule has 0 aliphatic carbocycles. The molecule has 1 atom stereocenters. The number of carbonyl (C=O) groups is 1. The van der Waals surface area contributed by atoms with Crippen LogP contribution in [0.3, 0.4) is 0 Å². The number of fused-ring (bicyclic) bond motifs is 1. The Kier molecular flexibility index (Phi) is 3.98. The van der Waals surface area contributed by atoms with E-state index in [4.69, 9.17) is 9.15 Å². The number of amides is 1. The first-order valence-electron chi connectivity index (χ1n) is 7.48. The smallest absolute Gasteiger partial charge is 0.336 e. The Morgan fingerprint density at radius 3 is 2.86 bits per heavy atom. The Balaban J connectivity index is 1.89. The Labute approximate surface area is 128 Å². The Morgan fingerprint density at radius 1 is 1.32 bits per heavy atom. The molecule has 0 spiro atoms. The molecular formula is C17H19NO4. The van der Waals surface area contributed by atoms with Crippen LogP contribution in [0, 0.1) is 13.8 Å². The fraction of sp³-hybridized carbons (Fsp3) is 0.412. The van der Waals surface area contributed by atoms with Gasteiger partial charge in [0.25, 0.3) is 0 Å². The van der Waals surface area contributed by atoms with Gasteiger partial charge in [0.15, 0.2) is 0 Å². The fourth-order valence-corrected chi connectivity index (χ4v) is 2.91. The summed E-state index contributed by atoms with van der Waals surface area (Å²) < 4.78 is 10.7. The zero-order valence-corrected chi connectivity index (χ0v) is 12.8. The van der Waals surface area contributed by atoms with Crippen molar-refractivity contribution in [3.05, 3.63) is 45.3 Å². The molecular weight excluding hydrogens is 282 g/mol. The first-order chi connectivity index (χ1) is 10.5. The standard InChI is InChI=1S/C17H19NO4/c1-10-6-11(2)16-13(7-10)12(8-15(19)22-16)9-18-17(20)14-4-3-5-21-14/h6-8,14H,3-5,9H2,1-2H3,(H,18,20). The minimum atomic E-state index is -0.402. The van der Waals surface area contributed by atoms with Crippen molar-refractivity contribution in [2.24, 2.45) is 0 Å². The molecule has 1 unspecified atom stereocenters. The Bertz CT molecular complexity index is 772. The third kappa shape index (κ3) is 2.90. The van der Waals surface area contributed by atoms with Crippen LogP contribution in [0.25, 0.3) is 11.0 Å². The topological polar surface area (TPSA) is 68.5 Å². The van der Waals surface area contributed by atoms with Gasteiger partial charge in [-0.25, -0.2) is 4.79 Å². The predicted molar refractivity (Wildman–Crippen MR) is 82.8 cm³/mol. The van der Waals surface area contributed by atoms with E-state index >= 15 is 0 Å². The Morgan fingerprint density at radius 2 is 2.14 bits per heavy atom. The summed E-state index contributed by atoms with van der Waals surface area (Å²) >= 11 is 0. The molecule has 5 heteroatoms. The van der Waals surface area contributed by atoms with Crippen molar-refractivity contribution in [3.8, 4) is 0 Å². The van der Waals surface area contributed by atoms with Gasteiger partial charge in [-0.2, -0.15) is 0 Å². The monoisotopic (exact) mass is 301 g/mol. The molecule has 1 aromatic heterocycles. The number of carbonyl (C=O) groups excluding carboxylic acids is 1. The van der Waals surface area contributed by atoms with Crippen molar-refractivity contribution < 1.29 is 13.9 Å². The van der Waals surface area contributed by atoms with E-state index in [0.29, 0.717) is 18.7 Å². The van der Waals surface area contributed by atoms with Gasteiger partial charge in [-0.15, -0.1) is 0 Å². The van der Waals surface area contributed by atoms with Crippen molar-refractivity contribution in [1.82, 2.24) is 5.32 Å². The van der Waals surface area contributed by atoms with Crippen LogP contribution in [0.1, 0.15) is 29.5 Å². The lowest BCUT2D eigenvalue weighted by molar-refractivity contribution is -0.130. The zero-order valence-electron chi connectivity index (χ0n) is 12.8. The van der Waals surface area contributed by atoms with E-state index in [1.54, 1.807) is 0 Å². The fourth-order valence-electron chi connectivity index (χ4n) is 2.91. The molecule has 1 fully saturated rings. The normalized spacial score (nSPS) is 17.8. The lowest BCUT2D eigenvalue weighted by atomic mass is 10.0. The highest BCUT2D eigenvalue weighted by molar-refractivity contribution is 5.85. The molecule has 2 heterocycles. The number of hydrogen-bond donors (Lipinski definition) is 1. The molecule has 1 aliphatic rings. The van der Waals surface area contributed by atoms with Crippen molar-refractivity contribution in [1.29, 1.82) is 0 Å². The molecule has 2 aromatic rings. The van der Waals surface area contributed by atoms with Gasteiger partial charge >= 0.3 is 5.63 Å². The van der Waals surface area contributed by atoms with E-state index in [2.05, 4.69) is 5.32 Å². The highest BCUT2D eigenvalue weighted by Gasteiger charge is 2.23. The number of nitrogens with one attached hydrogen (secondary N) is 1. The third-order valence-corrected chi connectivity index (χ3v) is 3.93. The van der Waals surface area contributed by atoms with Gasteiger partial charge in [0.05, 0.1) is 0 Å². The molecule has 3 rings (SSSR count). The van der Waals surface area contributed by atoms with Crippen LogP contribution in [0.4, 0.5) is 0 Å². The summed E-state index contributed by atoms with van der Waals surface area (Å²) in [6, 6.07) is 5.38. The highest BCUT2D eigenvalue weighted by Crippen LogP contribution is 2.22. The second-order valence-electron chi connectivity index (χ2n) is 5.77. The van der Waals surface area contributed by atoms with Gasteiger partial charge in [-0.3, -0.25) is 4.79 Å². The van der Waals surface area contributed by atoms with Gasteiger partial charge in [0.1, 0.15) is 11.7 Å². The lowest BCUT2D eigenvalue weighted by Crippen LogP contribution is -2.33. The third-order valence-electron chi connectivity index (χ3n) is 3.93. The summed E-state index contributed by atoms with van der Waals surface area (Å²) in [6.45, 7) is 4.83. The average molecular weight is 301 g/mol.